The predicted octanol–water partition coefficient (Wildman–Crippen LogP) is 6.40. The predicted molar refractivity (Wildman–Crippen MR) is 124 cm³/mol. The molecule has 0 aliphatic heterocycles. The van der Waals surface area contributed by atoms with Crippen LogP contribution in [0.25, 0.3) is 0 Å². The fourth-order valence-electron chi connectivity index (χ4n) is 3.36. The molecule has 0 atom stereocenters. The third-order valence-electron chi connectivity index (χ3n) is 5.24. The molecule has 168 valence electrons. The van der Waals surface area contributed by atoms with Crippen molar-refractivity contribution >= 4 is 18.1 Å². The summed E-state index contributed by atoms with van der Waals surface area (Å²) < 4.78 is 4.66. The van der Waals surface area contributed by atoms with Crippen LogP contribution in [-0.4, -0.2) is 25.2 Å². The highest BCUT2D eigenvalue weighted by Gasteiger charge is 2.03. The molecule has 0 aliphatic carbocycles. The Kier molecular flexibility index (Phi) is 15.2. The van der Waals surface area contributed by atoms with Gasteiger partial charge >= 0.3 is 5.97 Å². The van der Waals surface area contributed by atoms with Crippen molar-refractivity contribution in [2.45, 2.75) is 96.8 Å². The number of nitrogens with one attached hydrogen (secondary N) is 1. The largest absolute Gasteiger partial charge is 0.465 e. The van der Waals surface area contributed by atoms with Crippen LogP contribution in [0.5, 0.6) is 0 Å². The summed E-state index contributed by atoms with van der Waals surface area (Å²) in [6.07, 6.45) is 18.9. The lowest BCUT2D eigenvalue weighted by Gasteiger charge is -2.03. The zero-order valence-corrected chi connectivity index (χ0v) is 19.0. The van der Waals surface area contributed by atoms with Gasteiger partial charge in [-0.1, -0.05) is 96.1 Å². The second-order valence-electron chi connectivity index (χ2n) is 7.90. The van der Waals surface area contributed by atoms with Crippen LogP contribution in [-0.2, 0) is 9.53 Å². The standard InChI is InChI=1S/C25H40N2O3/c1-3-4-5-6-7-8-9-10-11-12-13-14-15-16-24(28)27-26-21-22-17-19-23(20-18-22)25(29)30-2/h17-21H,3-16H2,1-2H3,(H,27,28). The van der Waals surface area contributed by atoms with Gasteiger partial charge in [0.25, 0.3) is 0 Å². The molecular formula is C25H40N2O3. The second kappa shape index (κ2) is 17.7. The van der Waals surface area contributed by atoms with Gasteiger partial charge in [0.05, 0.1) is 18.9 Å². The van der Waals surface area contributed by atoms with Gasteiger partial charge in [0.15, 0.2) is 0 Å². The van der Waals surface area contributed by atoms with Gasteiger partial charge in [-0.05, 0) is 24.1 Å². The van der Waals surface area contributed by atoms with E-state index in [9.17, 15) is 9.59 Å². The molecule has 0 unspecified atom stereocenters. The minimum absolute atomic E-state index is 0.0551. The summed E-state index contributed by atoms with van der Waals surface area (Å²) in [4.78, 5) is 23.2. The molecule has 0 saturated carbocycles. The van der Waals surface area contributed by atoms with Crippen molar-refractivity contribution in [3.05, 3.63) is 35.4 Å². The number of ether oxygens (including phenoxy) is 1. The summed E-state index contributed by atoms with van der Waals surface area (Å²) in [5, 5.41) is 3.98. The van der Waals surface area contributed by atoms with Crippen molar-refractivity contribution < 1.29 is 14.3 Å². The van der Waals surface area contributed by atoms with Crippen LogP contribution >= 0.6 is 0 Å². The van der Waals surface area contributed by atoms with E-state index in [4.69, 9.17) is 0 Å². The van der Waals surface area contributed by atoms with Crippen molar-refractivity contribution in [1.29, 1.82) is 0 Å². The third-order valence-corrected chi connectivity index (χ3v) is 5.24. The molecule has 0 bridgehead atoms. The number of hydrogen-bond donors (Lipinski definition) is 1. The molecule has 0 radical (unpaired) electrons. The topological polar surface area (TPSA) is 67.8 Å². The van der Waals surface area contributed by atoms with E-state index in [-0.39, 0.29) is 11.9 Å². The molecule has 0 aromatic heterocycles. The molecule has 5 nitrogen and oxygen atoms in total. The highest BCUT2D eigenvalue weighted by atomic mass is 16.5. The average molecular weight is 417 g/mol. The number of carbonyl (C=O) groups is 2. The van der Waals surface area contributed by atoms with Crippen LogP contribution < -0.4 is 5.43 Å². The molecule has 0 saturated heterocycles. The molecular weight excluding hydrogens is 376 g/mol. The maximum atomic E-state index is 11.8. The average Bonchev–Trinajstić information content (AvgIpc) is 2.77. The minimum atomic E-state index is -0.371. The number of unbranched alkanes of at least 4 members (excludes halogenated alkanes) is 12. The SMILES string of the molecule is CCCCCCCCCCCCCCCC(=O)NN=Cc1ccc(C(=O)OC)cc1. The van der Waals surface area contributed by atoms with E-state index in [0.29, 0.717) is 12.0 Å². The van der Waals surface area contributed by atoms with Crippen molar-refractivity contribution in [2.75, 3.05) is 7.11 Å². The first-order chi connectivity index (χ1) is 14.7. The first-order valence-electron chi connectivity index (χ1n) is 11.7. The van der Waals surface area contributed by atoms with Gasteiger partial charge in [0, 0.05) is 6.42 Å². The van der Waals surface area contributed by atoms with E-state index in [1.807, 2.05) is 0 Å². The Morgan fingerprint density at radius 3 is 1.83 bits per heavy atom. The Morgan fingerprint density at radius 1 is 0.833 bits per heavy atom. The summed E-state index contributed by atoms with van der Waals surface area (Å²) in [6.45, 7) is 2.26. The van der Waals surface area contributed by atoms with Gasteiger partial charge in [-0.25, -0.2) is 10.2 Å². The Balaban J connectivity index is 1.97. The maximum absolute atomic E-state index is 11.8. The Morgan fingerprint density at radius 2 is 1.33 bits per heavy atom. The third kappa shape index (κ3) is 13.1. The zero-order valence-electron chi connectivity index (χ0n) is 19.0. The van der Waals surface area contributed by atoms with Gasteiger partial charge in [-0.3, -0.25) is 4.79 Å². The number of carbonyl (C=O) groups excluding carboxylic acids is 2. The maximum Gasteiger partial charge on any atom is 0.337 e. The zero-order chi connectivity index (χ0) is 21.9. The van der Waals surface area contributed by atoms with Crippen LogP contribution in [0.3, 0.4) is 0 Å². The van der Waals surface area contributed by atoms with Crippen molar-refractivity contribution in [2.24, 2.45) is 5.10 Å². The summed E-state index contributed by atoms with van der Waals surface area (Å²) in [6, 6.07) is 6.86. The number of hydrazone groups is 1. The minimum Gasteiger partial charge on any atom is -0.465 e. The summed E-state index contributed by atoms with van der Waals surface area (Å²) in [7, 11) is 1.35. The molecule has 1 N–H and O–H groups in total. The van der Waals surface area contributed by atoms with Gasteiger partial charge < -0.3 is 4.74 Å². The summed E-state index contributed by atoms with van der Waals surface area (Å²) >= 11 is 0. The number of amides is 1. The molecule has 5 heteroatoms. The van der Waals surface area contributed by atoms with E-state index in [1.54, 1.807) is 30.5 Å². The van der Waals surface area contributed by atoms with E-state index in [1.165, 1.54) is 77.7 Å². The van der Waals surface area contributed by atoms with Crippen LogP contribution in [0, 0.1) is 0 Å². The fourth-order valence-corrected chi connectivity index (χ4v) is 3.36. The van der Waals surface area contributed by atoms with Crippen molar-refractivity contribution in [3.63, 3.8) is 0 Å². The highest BCUT2D eigenvalue weighted by molar-refractivity contribution is 5.90. The molecule has 1 aromatic carbocycles. The number of esters is 1. The molecule has 0 spiro atoms. The molecule has 30 heavy (non-hydrogen) atoms. The first-order valence-corrected chi connectivity index (χ1v) is 11.7. The molecule has 0 heterocycles. The van der Waals surface area contributed by atoms with E-state index >= 15 is 0 Å². The van der Waals surface area contributed by atoms with E-state index in [2.05, 4.69) is 22.2 Å². The Labute approximate surface area is 182 Å². The van der Waals surface area contributed by atoms with Gasteiger partial charge in [-0.15, -0.1) is 0 Å². The van der Waals surface area contributed by atoms with Crippen LogP contribution in [0.15, 0.2) is 29.4 Å². The van der Waals surface area contributed by atoms with E-state index < -0.39 is 0 Å². The Bertz CT molecular complexity index is 611. The number of hydrogen-bond acceptors (Lipinski definition) is 4. The fraction of sp³-hybridized carbons (Fsp3) is 0.640. The van der Waals surface area contributed by atoms with Crippen LogP contribution in [0.4, 0.5) is 0 Å². The van der Waals surface area contributed by atoms with Crippen molar-refractivity contribution in [3.8, 4) is 0 Å². The van der Waals surface area contributed by atoms with Crippen molar-refractivity contribution in [1.82, 2.24) is 5.43 Å². The molecule has 1 aromatic rings. The normalized spacial score (nSPS) is 11.0. The molecule has 1 rings (SSSR count). The Hall–Kier alpha value is -2.17. The second-order valence-corrected chi connectivity index (χ2v) is 7.90. The van der Waals surface area contributed by atoms with Crippen LogP contribution in [0.2, 0.25) is 0 Å². The van der Waals surface area contributed by atoms with Gasteiger partial charge in [0.2, 0.25) is 5.91 Å². The quantitative estimate of drug-likeness (QED) is 0.138. The monoisotopic (exact) mass is 416 g/mol. The first kappa shape index (κ1) is 25.9. The van der Waals surface area contributed by atoms with Gasteiger partial charge in [0.1, 0.15) is 0 Å². The summed E-state index contributed by atoms with van der Waals surface area (Å²) in [5.74, 6) is -0.426. The molecule has 1 amide bonds. The highest BCUT2D eigenvalue weighted by Crippen LogP contribution is 2.13. The van der Waals surface area contributed by atoms with Gasteiger partial charge in [-0.2, -0.15) is 5.10 Å². The number of benzene rings is 1. The number of nitrogens with zero attached hydrogens (tertiary/aromatic N) is 1. The van der Waals surface area contributed by atoms with E-state index in [0.717, 1.165) is 18.4 Å². The lowest BCUT2D eigenvalue weighted by Crippen LogP contribution is -2.16. The number of rotatable bonds is 17. The molecule has 0 aliphatic rings. The molecule has 0 fully saturated rings. The van der Waals surface area contributed by atoms with Crippen LogP contribution in [0.1, 0.15) is 113 Å². The smallest absolute Gasteiger partial charge is 0.337 e. The lowest BCUT2D eigenvalue weighted by molar-refractivity contribution is -0.121. The lowest BCUT2D eigenvalue weighted by atomic mass is 10.0. The summed E-state index contributed by atoms with van der Waals surface area (Å²) in [5.41, 5.74) is 3.86. The number of methoxy groups -OCH3 is 1.